The lowest BCUT2D eigenvalue weighted by molar-refractivity contribution is -0.116. The molecule has 1 rings (SSSR count). The van der Waals surface area contributed by atoms with Gasteiger partial charge in [0.25, 0.3) is 0 Å². The molecular formula is C16H23NO. The first kappa shape index (κ1) is 14.5. The first-order chi connectivity index (χ1) is 8.77. The number of rotatable bonds is 7. The van der Waals surface area contributed by atoms with Crippen LogP contribution in [0.4, 0.5) is 5.69 Å². The van der Waals surface area contributed by atoms with Crippen molar-refractivity contribution in [1.29, 1.82) is 0 Å². The Bertz CT molecular complexity index is 396. The van der Waals surface area contributed by atoms with Crippen LogP contribution in [0.2, 0.25) is 0 Å². The van der Waals surface area contributed by atoms with Crippen LogP contribution in [0.1, 0.15) is 51.5 Å². The minimum atomic E-state index is 0.0897. The van der Waals surface area contributed by atoms with Gasteiger partial charge in [0, 0.05) is 12.1 Å². The van der Waals surface area contributed by atoms with Crippen LogP contribution in [0.15, 0.2) is 30.3 Å². The minimum absolute atomic E-state index is 0.0897. The van der Waals surface area contributed by atoms with E-state index >= 15 is 0 Å². The number of para-hydroxylation sites is 1. The molecule has 2 nitrogen and oxygen atoms in total. The van der Waals surface area contributed by atoms with Gasteiger partial charge in [-0.05, 0) is 24.5 Å². The first-order valence-electron chi connectivity index (χ1n) is 6.83. The van der Waals surface area contributed by atoms with Crippen molar-refractivity contribution in [2.75, 3.05) is 5.32 Å². The number of benzene rings is 1. The Labute approximate surface area is 110 Å². The second kappa shape index (κ2) is 8.51. The maximum absolute atomic E-state index is 11.6. The number of anilines is 1. The fourth-order valence-electron chi connectivity index (χ4n) is 1.73. The van der Waals surface area contributed by atoms with Gasteiger partial charge in [0.2, 0.25) is 5.91 Å². The van der Waals surface area contributed by atoms with Gasteiger partial charge in [-0.2, -0.15) is 0 Å². The monoisotopic (exact) mass is 245 g/mol. The van der Waals surface area contributed by atoms with E-state index in [1.165, 1.54) is 12.8 Å². The van der Waals surface area contributed by atoms with Crippen molar-refractivity contribution in [3.63, 3.8) is 0 Å². The van der Waals surface area contributed by atoms with Crippen molar-refractivity contribution < 1.29 is 4.79 Å². The average molecular weight is 245 g/mol. The molecule has 0 saturated carbocycles. The number of hydrogen-bond acceptors (Lipinski definition) is 1. The summed E-state index contributed by atoms with van der Waals surface area (Å²) < 4.78 is 0. The highest BCUT2D eigenvalue weighted by molar-refractivity contribution is 5.92. The van der Waals surface area contributed by atoms with Crippen molar-refractivity contribution in [3.05, 3.63) is 35.9 Å². The van der Waals surface area contributed by atoms with Gasteiger partial charge in [0.1, 0.15) is 0 Å². The van der Waals surface area contributed by atoms with Crippen molar-refractivity contribution in [2.24, 2.45) is 0 Å². The van der Waals surface area contributed by atoms with Crippen LogP contribution >= 0.6 is 0 Å². The zero-order chi connectivity index (χ0) is 13.2. The Morgan fingerprint density at radius 1 is 1.22 bits per heavy atom. The van der Waals surface area contributed by atoms with Crippen LogP contribution < -0.4 is 5.32 Å². The number of carbonyl (C=O) groups excluding carboxylic acids is 1. The summed E-state index contributed by atoms with van der Waals surface area (Å²) in [6.45, 7) is 4.20. The molecule has 2 heteroatoms. The Balaban J connectivity index is 2.67. The molecule has 0 aliphatic rings. The Kier molecular flexibility index (Phi) is 6.85. The van der Waals surface area contributed by atoms with Gasteiger partial charge in [-0.3, -0.25) is 4.79 Å². The van der Waals surface area contributed by atoms with Crippen molar-refractivity contribution >= 4 is 17.7 Å². The van der Waals surface area contributed by atoms with E-state index in [1.54, 1.807) is 0 Å². The fourth-order valence-corrected chi connectivity index (χ4v) is 1.73. The van der Waals surface area contributed by atoms with Crippen LogP contribution in [-0.4, -0.2) is 5.91 Å². The fraction of sp³-hybridized carbons (Fsp3) is 0.438. The van der Waals surface area contributed by atoms with Crippen LogP contribution in [-0.2, 0) is 4.79 Å². The molecule has 1 N–H and O–H groups in total. The van der Waals surface area contributed by atoms with E-state index in [-0.39, 0.29) is 5.91 Å². The summed E-state index contributed by atoms with van der Waals surface area (Å²) in [5, 5.41) is 2.96. The minimum Gasteiger partial charge on any atom is -0.326 e. The first-order valence-corrected chi connectivity index (χ1v) is 6.83. The molecule has 0 spiro atoms. The van der Waals surface area contributed by atoms with Gasteiger partial charge < -0.3 is 5.32 Å². The summed E-state index contributed by atoms with van der Waals surface area (Å²) in [5.74, 6) is 0.0897. The van der Waals surface area contributed by atoms with Crippen molar-refractivity contribution in [2.45, 2.75) is 46.0 Å². The molecule has 1 aromatic rings. The van der Waals surface area contributed by atoms with E-state index in [2.05, 4.69) is 24.4 Å². The Hall–Kier alpha value is -1.57. The maximum Gasteiger partial charge on any atom is 0.224 e. The van der Waals surface area contributed by atoms with Gasteiger partial charge in [-0.25, -0.2) is 0 Å². The van der Waals surface area contributed by atoms with Gasteiger partial charge in [-0.15, -0.1) is 0 Å². The molecule has 0 radical (unpaired) electrons. The molecule has 0 aliphatic heterocycles. The molecule has 0 fully saturated rings. The maximum atomic E-state index is 11.6. The molecule has 0 aromatic heterocycles. The van der Waals surface area contributed by atoms with Crippen LogP contribution in [0.3, 0.4) is 0 Å². The van der Waals surface area contributed by atoms with E-state index in [0.717, 1.165) is 24.1 Å². The molecule has 0 bridgehead atoms. The average Bonchev–Trinajstić information content (AvgIpc) is 2.37. The number of hydrogen-bond donors (Lipinski definition) is 1. The predicted octanol–water partition coefficient (Wildman–Crippen LogP) is 4.63. The predicted molar refractivity (Wildman–Crippen MR) is 78.5 cm³/mol. The highest BCUT2D eigenvalue weighted by Crippen LogP contribution is 2.17. The lowest BCUT2D eigenvalue weighted by Gasteiger charge is -2.07. The molecule has 0 aliphatic carbocycles. The highest BCUT2D eigenvalue weighted by Gasteiger charge is 2.03. The summed E-state index contributed by atoms with van der Waals surface area (Å²) in [5.41, 5.74) is 1.99. The summed E-state index contributed by atoms with van der Waals surface area (Å²) in [6.07, 6.45) is 9.23. The Morgan fingerprint density at radius 2 is 2.00 bits per heavy atom. The molecule has 0 atom stereocenters. The lowest BCUT2D eigenvalue weighted by Crippen LogP contribution is -2.11. The molecule has 1 amide bonds. The van der Waals surface area contributed by atoms with Crippen LogP contribution in [0, 0.1) is 0 Å². The summed E-state index contributed by atoms with van der Waals surface area (Å²) in [7, 11) is 0. The number of unbranched alkanes of at least 4 members (excludes halogenated alkanes) is 2. The van der Waals surface area contributed by atoms with Gasteiger partial charge in [-0.1, -0.05) is 57.0 Å². The second-order valence-electron chi connectivity index (χ2n) is 4.43. The normalized spacial score (nSPS) is 10.8. The molecule has 18 heavy (non-hydrogen) atoms. The topological polar surface area (TPSA) is 29.1 Å². The summed E-state index contributed by atoms with van der Waals surface area (Å²) >= 11 is 0. The van der Waals surface area contributed by atoms with E-state index in [9.17, 15) is 4.79 Å². The molecular weight excluding hydrogens is 222 g/mol. The molecule has 98 valence electrons. The van der Waals surface area contributed by atoms with Gasteiger partial charge in [0.15, 0.2) is 0 Å². The highest BCUT2D eigenvalue weighted by atomic mass is 16.1. The van der Waals surface area contributed by atoms with Crippen molar-refractivity contribution in [3.8, 4) is 0 Å². The van der Waals surface area contributed by atoms with E-state index in [4.69, 9.17) is 0 Å². The number of amides is 1. The third-order valence-electron chi connectivity index (χ3n) is 2.73. The second-order valence-corrected chi connectivity index (χ2v) is 4.43. The van der Waals surface area contributed by atoms with E-state index in [1.807, 2.05) is 31.2 Å². The Morgan fingerprint density at radius 3 is 2.72 bits per heavy atom. The van der Waals surface area contributed by atoms with Crippen molar-refractivity contribution in [1.82, 2.24) is 0 Å². The zero-order valence-corrected chi connectivity index (χ0v) is 11.4. The smallest absolute Gasteiger partial charge is 0.224 e. The standard InChI is InChI=1S/C16H23NO/c1-3-5-6-7-11-14-12-8-9-13-15(14)17-16(18)10-4-2/h7-9,11-13H,3-6,10H2,1-2H3,(H,17,18)/b11-7+. The largest absolute Gasteiger partial charge is 0.326 e. The quantitative estimate of drug-likeness (QED) is 0.697. The number of allylic oxidation sites excluding steroid dienone is 1. The van der Waals surface area contributed by atoms with E-state index in [0.29, 0.717) is 6.42 Å². The number of carbonyl (C=O) groups is 1. The molecule has 0 unspecified atom stereocenters. The summed E-state index contributed by atoms with van der Waals surface area (Å²) in [6, 6.07) is 7.93. The zero-order valence-electron chi connectivity index (χ0n) is 11.4. The van der Waals surface area contributed by atoms with Crippen LogP contribution in [0.25, 0.3) is 6.08 Å². The summed E-state index contributed by atoms with van der Waals surface area (Å²) in [4.78, 5) is 11.6. The van der Waals surface area contributed by atoms with Gasteiger partial charge in [0.05, 0.1) is 0 Å². The van der Waals surface area contributed by atoms with Crippen LogP contribution in [0.5, 0.6) is 0 Å². The SMILES string of the molecule is CCCC/C=C/c1ccccc1NC(=O)CCC. The molecule has 1 aromatic carbocycles. The molecule has 0 heterocycles. The molecule has 0 saturated heterocycles. The lowest BCUT2D eigenvalue weighted by atomic mass is 10.1. The van der Waals surface area contributed by atoms with E-state index < -0.39 is 0 Å². The third-order valence-corrected chi connectivity index (χ3v) is 2.73. The number of nitrogens with one attached hydrogen (secondary N) is 1. The van der Waals surface area contributed by atoms with Gasteiger partial charge >= 0.3 is 0 Å². The third kappa shape index (κ3) is 5.17.